The quantitative estimate of drug-likeness (QED) is 0.416. The number of anilines is 2. The number of carbonyl (C=O) groups excluding carboxylic acids is 4. The number of rotatable bonds is 6. The van der Waals surface area contributed by atoms with Crippen molar-refractivity contribution in [1.29, 1.82) is 0 Å². The molecule has 2 aromatic carbocycles. The third kappa shape index (κ3) is 5.96. The minimum atomic E-state index is -0.836. The summed E-state index contributed by atoms with van der Waals surface area (Å²) in [6.07, 6.45) is -0.836. The minimum Gasteiger partial charge on any atom is -0.465 e. The van der Waals surface area contributed by atoms with E-state index >= 15 is 0 Å². The number of ether oxygens (including phenoxy) is 4. The van der Waals surface area contributed by atoms with E-state index < -0.39 is 24.1 Å². The van der Waals surface area contributed by atoms with Crippen molar-refractivity contribution in [2.75, 3.05) is 31.5 Å². The second-order valence-electron chi connectivity index (χ2n) is 5.63. The van der Waals surface area contributed by atoms with Gasteiger partial charge >= 0.3 is 24.1 Å². The predicted octanol–water partition coefficient (Wildman–Crippen LogP) is 3.44. The fourth-order valence-corrected chi connectivity index (χ4v) is 2.31. The molecule has 10 heteroatoms. The van der Waals surface area contributed by atoms with E-state index in [0.717, 1.165) is 0 Å². The molecule has 0 aliphatic carbocycles. The van der Waals surface area contributed by atoms with Crippen molar-refractivity contribution in [3.05, 3.63) is 53.6 Å². The average Bonchev–Trinajstić information content (AvgIpc) is 2.74. The van der Waals surface area contributed by atoms with Crippen molar-refractivity contribution < 1.29 is 38.1 Å². The van der Waals surface area contributed by atoms with Crippen molar-refractivity contribution >= 4 is 35.5 Å². The molecule has 0 fully saturated rings. The summed E-state index contributed by atoms with van der Waals surface area (Å²) in [5, 5.41) is 5.05. The van der Waals surface area contributed by atoms with Crippen LogP contribution < -0.4 is 15.4 Å². The second kappa shape index (κ2) is 10.5. The first-order valence-electron chi connectivity index (χ1n) is 8.71. The molecule has 0 atom stereocenters. The minimum absolute atomic E-state index is 0.0542. The highest BCUT2D eigenvalue weighted by Crippen LogP contribution is 2.21. The Kier molecular flexibility index (Phi) is 7.74. The van der Waals surface area contributed by atoms with Crippen LogP contribution in [0.4, 0.5) is 21.0 Å². The molecule has 0 aromatic heterocycles. The van der Waals surface area contributed by atoms with E-state index in [1.54, 1.807) is 6.92 Å². The molecular formula is C20H20N2O8. The average molecular weight is 416 g/mol. The summed E-state index contributed by atoms with van der Waals surface area (Å²) in [7, 11) is 2.41. The van der Waals surface area contributed by atoms with Crippen LogP contribution in [0.3, 0.4) is 0 Å². The molecule has 2 amide bonds. The largest absolute Gasteiger partial charge is 0.513 e. The van der Waals surface area contributed by atoms with Crippen molar-refractivity contribution in [1.82, 2.24) is 0 Å². The highest BCUT2D eigenvalue weighted by atomic mass is 16.7. The maximum Gasteiger partial charge on any atom is 0.513 e. The SMILES string of the molecule is CCOC(=O)Oc1ccc(NC(=O)Nc2cc(C(=O)OC)ccc2C(=O)OC)cc1. The first-order valence-corrected chi connectivity index (χ1v) is 8.71. The van der Waals surface area contributed by atoms with Crippen LogP contribution in [0.15, 0.2) is 42.5 Å². The fraction of sp³-hybridized carbons (Fsp3) is 0.200. The summed E-state index contributed by atoms with van der Waals surface area (Å²) >= 11 is 0. The van der Waals surface area contributed by atoms with Gasteiger partial charge < -0.3 is 29.6 Å². The van der Waals surface area contributed by atoms with E-state index in [-0.39, 0.29) is 29.2 Å². The molecule has 0 radical (unpaired) electrons. The lowest BCUT2D eigenvalue weighted by Crippen LogP contribution is -2.21. The van der Waals surface area contributed by atoms with Crippen molar-refractivity contribution in [3.63, 3.8) is 0 Å². The molecule has 0 saturated heterocycles. The number of hydrogen-bond acceptors (Lipinski definition) is 8. The van der Waals surface area contributed by atoms with Crippen LogP contribution in [-0.4, -0.2) is 45.0 Å². The standard InChI is InChI=1S/C20H20N2O8/c1-4-29-20(26)30-14-8-6-13(7-9-14)21-19(25)22-16-11-12(17(23)27-2)5-10-15(16)18(24)28-3/h5-11H,4H2,1-3H3,(H2,21,22,25). The molecule has 2 rings (SSSR count). The number of esters is 2. The lowest BCUT2D eigenvalue weighted by atomic mass is 10.1. The number of methoxy groups -OCH3 is 2. The zero-order chi connectivity index (χ0) is 22.1. The van der Waals surface area contributed by atoms with Gasteiger partial charge in [0, 0.05) is 5.69 Å². The molecule has 0 unspecified atom stereocenters. The molecule has 0 bridgehead atoms. The van der Waals surface area contributed by atoms with Crippen LogP contribution >= 0.6 is 0 Å². The van der Waals surface area contributed by atoms with E-state index in [1.807, 2.05) is 0 Å². The lowest BCUT2D eigenvalue weighted by molar-refractivity contribution is 0.0587. The van der Waals surface area contributed by atoms with Gasteiger partial charge in [-0.3, -0.25) is 0 Å². The Morgan fingerprint density at radius 2 is 1.53 bits per heavy atom. The monoisotopic (exact) mass is 416 g/mol. The number of urea groups is 1. The van der Waals surface area contributed by atoms with Gasteiger partial charge in [-0.15, -0.1) is 0 Å². The van der Waals surface area contributed by atoms with E-state index in [1.165, 1.54) is 56.7 Å². The summed E-state index contributed by atoms with van der Waals surface area (Å²) in [6.45, 7) is 1.84. The first-order chi connectivity index (χ1) is 14.4. The van der Waals surface area contributed by atoms with Crippen molar-refractivity contribution in [3.8, 4) is 5.75 Å². The van der Waals surface area contributed by atoms with Gasteiger partial charge in [-0.05, 0) is 49.4 Å². The van der Waals surface area contributed by atoms with Crippen LogP contribution in [0.2, 0.25) is 0 Å². The normalized spacial score (nSPS) is 9.83. The molecule has 0 spiro atoms. The second-order valence-corrected chi connectivity index (χ2v) is 5.63. The highest BCUT2D eigenvalue weighted by molar-refractivity contribution is 6.06. The molecule has 30 heavy (non-hydrogen) atoms. The number of hydrogen-bond donors (Lipinski definition) is 2. The van der Waals surface area contributed by atoms with Gasteiger partial charge in [-0.2, -0.15) is 0 Å². The lowest BCUT2D eigenvalue weighted by Gasteiger charge is -2.12. The smallest absolute Gasteiger partial charge is 0.465 e. The predicted molar refractivity (Wildman–Crippen MR) is 106 cm³/mol. The molecule has 10 nitrogen and oxygen atoms in total. The Morgan fingerprint density at radius 1 is 0.867 bits per heavy atom. The summed E-state index contributed by atoms with van der Waals surface area (Å²) in [5.74, 6) is -1.09. The summed E-state index contributed by atoms with van der Waals surface area (Å²) < 4.78 is 18.9. The summed E-state index contributed by atoms with van der Waals surface area (Å²) in [4.78, 5) is 47.3. The summed E-state index contributed by atoms with van der Waals surface area (Å²) in [5.41, 5.74) is 0.636. The van der Waals surface area contributed by atoms with Crippen molar-refractivity contribution in [2.45, 2.75) is 6.92 Å². The van der Waals surface area contributed by atoms with Crippen LogP contribution in [0.5, 0.6) is 5.75 Å². The van der Waals surface area contributed by atoms with Gasteiger partial charge in [0.15, 0.2) is 0 Å². The van der Waals surface area contributed by atoms with Crippen LogP contribution in [0.1, 0.15) is 27.6 Å². The Hall–Kier alpha value is -4.08. The molecular weight excluding hydrogens is 396 g/mol. The molecule has 0 aliphatic heterocycles. The highest BCUT2D eigenvalue weighted by Gasteiger charge is 2.17. The van der Waals surface area contributed by atoms with E-state index in [2.05, 4.69) is 24.8 Å². The van der Waals surface area contributed by atoms with E-state index in [9.17, 15) is 19.2 Å². The van der Waals surface area contributed by atoms with Gasteiger partial charge in [0.1, 0.15) is 5.75 Å². The molecule has 2 N–H and O–H groups in total. The Bertz CT molecular complexity index is 940. The third-order valence-corrected chi connectivity index (χ3v) is 3.67. The van der Waals surface area contributed by atoms with E-state index in [0.29, 0.717) is 5.69 Å². The maximum absolute atomic E-state index is 12.3. The molecule has 0 saturated carbocycles. The Morgan fingerprint density at radius 3 is 2.13 bits per heavy atom. The van der Waals surface area contributed by atoms with Crippen LogP contribution in [0.25, 0.3) is 0 Å². The van der Waals surface area contributed by atoms with Gasteiger partial charge in [0.25, 0.3) is 0 Å². The molecule has 0 aliphatic rings. The topological polar surface area (TPSA) is 129 Å². The Labute approximate surface area is 172 Å². The van der Waals surface area contributed by atoms with Gasteiger partial charge in [-0.25, -0.2) is 19.2 Å². The first kappa shape index (κ1) is 22.2. The van der Waals surface area contributed by atoms with Gasteiger partial charge in [-0.1, -0.05) is 0 Å². The zero-order valence-corrected chi connectivity index (χ0v) is 16.5. The fourth-order valence-electron chi connectivity index (χ4n) is 2.31. The molecule has 158 valence electrons. The summed E-state index contributed by atoms with van der Waals surface area (Å²) in [6, 6.07) is 9.27. The van der Waals surface area contributed by atoms with Crippen molar-refractivity contribution in [2.24, 2.45) is 0 Å². The van der Waals surface area contributed by atoms with Crippen LogP contribution in [-0.2, 0) is 14.2 Å². The number of amides is 2. The van der Waals surface area contributed by atoms with Gasteiger partial charge in [0.2, 0.25) is 0 Å². The van der Waals surface area contributed by atoms with Gasteiger partial charge in [0.05, 0.1) is 37.6 Å². The molecule has 0 heterocycles. The van der Waals surface area contributed by atoms with E-state index in [4.69, 9.17) is 4.74 Å². The number of carbonyl (C=O) groups is 4. The molecule has 2 aromatic rings. The third-order valence-electron chi connectivity index (χ3n) is 3.67. The van der Waals surface area contributed by atoms with Crippen LogP contribution in [0, 0.1) is 0 Å². The maximum atomic E-state index is 12.3. The number of nitrogens with one attached hydrogen (secondary N) is 2. The Balaban J connectivity index is 2.12. The number of benzene rings is 2. The zero-order valence-electron chi connectivity index (χ0n) is 16.5.